The van der Waals surface area contributed by atoms with Crippen LogP contribution in [0.25, 0.3) is 0 Å². The average Bonchev–Trinajstić information content (AvgIpc) is 2.88. The first-order valence-corrected chi connectivity index (χ1v) is 9.02. The maximum absolute atomic E-state index is 14.1. The summed E-state index contributed by atoms with van der Waals surface area (Å²) in [5.74, 6) is 0.237. The highest BCUT2D eigenvalue weighted by atomic mass is 127. The summed E-state index contributed by atoms with van der Waals surface area (Å²) in [5.41, 5.74) is 6.63. The van der Waals surface area contributed by atoms with Gasteiger partial charge in [-0.05, 0) is 38.4 Å². The van der Waals surface area contributed by atoms with Crippen LogP contribution in [0.15, 0.2) is 41.4 Å². The summed E-state index contributed by atoms with van der Waals surface area (Å²) in [5, 5.41) is 2.97. The normalized spacial score (nSPS) is 14.7. The molecule has 1 heterocycles. The summed E-state index contributed by atoms with van der Waals surface area (Å²) < 4.78 is 39.5. The Labute approximate surface area is 186 Å². The number of likely N-dealkylation sites (N-methyl/N-ethyl adjacent to an activating group) is 1. The zero-order valence-electron chi connectivity index (χ0n) is 16.3. The van der Waals surface area contributed by atoms with Crippen molar-refractivity contribution in [2.45, 2.75) is 12.5 Å². The minimum atomic E-state index is -0.608. The van der Waals surface area contributed by atoms with Crippen LogP contribution in [0.5, 0.6) is 11.5 Å². The quantitative estimate of drug-likeness (QED) is 0.359. The molecular formula is C20H25F2IN4O2. The van der Waals surface area contributed by atoms with Crippen molar-refractivity contribution in [3.63, 3.8) is 0 Å². The van der Waals surface area contributed by atoms with E-state index >= 15 is 0 Å². The molecule has 0 saturated heterocycles. The van der Waals surface area contributed by atoms with Crippen molar-refractivity contribution < 1.29 is 18.3 Å². The van der Waals surface area contributed by atoms with Crippen LogP contribution in [0.3, 0.4) is 0 Å². The number of aliphatic imine (C=N–C) groups is 1. The largest absolute Gasteiger partial charge is 0.490 e. The molecule has 0 spiro atoms. The molecule has 6 nitrogen and oxygen atoms in total. The molecule has 0 fully saturated rings. The first-order valence-electron chi connectivity index (χ1n) is 9.02. The summed E-state index contributed by atoms with van der Waals surface area (Å²) in [6, 6.07) is 8.59. The Morgan fingerprint density at radius 3 is 2.45 bits per heavy atom. The van der Waals surface area contributed by atoms with Crippen LogP contribution in [0.1, 0.15) is 18.0 Å². The fraction of sp³-hybridized carbons (Fsp3) is 0.350. The van der Waals surface area contributed by atoms with Crippen LogP contribution < -0.4 is 20.5 Å². The second-order valence-corrected chi connectivity index (χ2v) is 6.68. The molecule has 1 unspecified atom stereocenters. The lowest BCUT2D eigenvalue weighted by atomic mass is 10.0. The van der Waals surface area contributed by atoms with Gasteiger partial charge in [-0.1, -0.05) is 6.07 Å². The lowest BCUT2D eigenvalue weighted by Crippen LogP contribution is -2.28. The molecule has 1 aliphatic rings. The van der Waals surface area contributed by atoms with Gasteiger partial charge in [0, 0.05) is 23.7 Å². The van der Waals surface area contributed by atoms with E-state index in [-0.39, 0.29) is 42.0 Å². The van der Waals surface area contributed by atoms with Gasteiger partial charge >= 0.3 is 0 Å². The molecule has 0 aliphatic carbocycles. The van der Waals surface area contributed by atoms with Gasteiger partial charge in [0.25, 0.3) is 0 Å². The molecule has 0 bridgehead atoms. The van der Waals surface area contributed by atoms with Gasteiger partial charge in [-0.3, -0.25) is 4.99 Å². The van der Waals surface area contributed by atoms with E-state index in [2.05, 4.69) is 10.3 Å². The monoisotopic (exact) mass is 518 g/mol. The van der Waals surface area contributed by atoms with Crippen molar-refractivity contribution in [3.8, 4) is 11.5 Å². The first-order chi connectivity index (χ1) is 13.5. The number of hydrogen-bond donors (Lipinski definition) is 2. The third kappa shape index (κ3) is 5.92. The molecule has 1 aliphatic heterocycles. The smallest absolute Gasteiger partial charge is 0.193 e. The number of ether oxygens (including phenoxy) is 2. The summed E-state index contributed by atoms with van der Waals surface area (Å²) >= 11 is 0. The maximum Gasteiger partial charge on any atom is 0.193 e. The summed E-state index contributed by atoms with van der Waals surface area (Å²) in [4.78, 5) is 5.97. The molecular weight excluding hydrogens is 493 g/mol. The van der Waals surface area contributed by atoms with Gasteiger partial charge in [0.1, 0.15) is 11.6 Å². The Bertz CT molecular complexity index is 844. The molecule has 0 aromatic heterocycles. The Kier molecular flexibility index (Phi) is 8.45. The van der Waals surface area contributed by atoms with Crippen molar-refractivity contribution in [1.29, 1.82) is 0 Å². The molecule has 0 saturated carbocycles. The van der Waals surface area contributed by atoms with E-state index in [1.54, 1.807) is 37.2 Å². The maximum atomic E-state index is 14.1. The van der Waals surface area contributed by atoms with Crippen molar-refractivity contribution in [1.82, 2.24) is 4.90 Å². The third-order valence-electron chi connectivity index (χ3n) is 4.41. The van der Waals surface area contributed by atoms with Crippen molar-refractivity contribution in [2.75, 3.05) is 39.2 Å². The molecule has 0 radical (unpaired) electrons. The van der Waals surface area contributed by atoms with Crippen LogP contribution >= 0.6 is 24.0 Å². The van der Waals surface area contributed by atoms with Gasteiger partial charge in [-0.15, -0.1) is 24.0 Å². The van der Waals surface area contributed by atoms with Crippen LogP contribution in [0.4, 0.5) is 14.5 Å². The Hall–Kier alpha value is -2.14. The van der Waals surface area contributed by atoms with E-state index in [0.29, 0.717) is 30.4 Å². The topological polar surface area (TPSA) is 72.1 Å². The number of fused-ring (bicyclic) bond motifs is 1. The standard InChI is InChI=1S/C20H24F2N4O2.HI/c1-26(2)16(19-14(21)5-3-6-15(19)22)12-24-20(23)25-13-7-8-17-18(11-13)28-10-4-9-27-17;/h3,5-8,11,16H,4,9-10,12H2,1-2H3,(H3,23,24,25);1H. The Balaban J connectivity index is 0.00000300. The number of hydrogen-bond acceptors (Lipinski definition) is 4. The van der Waals surface area contributed by atoms with Gasteiger partial charge in [0.2, 0.25) is 0 Å². The van der Waals surface area contributed by atoms with Crippen LogP contribution in [-0.2, 0) is 0 Å². The van der Waals surface area contributed by atoms with E-state index in [1.807, 2.05) is 0 Å². The van der Waals surface area contributed by atoms with E-state index in [4.69, 9.17) is 15.2 Å². The highest BCUT2D eigenvalue weighted by Crippen LogP contribution is 2.32. The first kappa shape index (κ1) is 23.1. The molecule has 1 atom stereocenters. The molecule has 3 rings (SSSR count). The van der Waals surface area contributed by atoms with E-state index in [1.165, 1.54) is 18.2 Å². The van der Waals surface area contributed by atoms with Gasteiger partial charge in [0.15, 0.2) is 17.5 Å². The summed E-state index contributed by atoms with van der Waals surface area (Å²) in [7, 11) is 3.47. The minimum Gasteiger partial charge on any atom is -0.490 e. The molecule has 158 valence electrons. The number of halogens is 3. The highest BCUT2D eigenvalue weighted by molar-refractivity contribution is 14.0. The summed E-state index contributed by atoms with van der Waals surface area (Å²) in [6.07, 6.45) is 0.819. The molecule has 9 heteroatoms. The summed E-state index contributed by atoms with van der Waals surface area (Å²) in [6.45, 7) is 1.29. The molecule has 29 heavy (non-hydrogen) atoms. The number of anilines is 1. The van der Waals surface area contributed by atoms with Crippen molar-refractivity contribution in [2.24, 2.45) is 10.7 Å². The molecule has 0 amide bonds. The highest BCUT2D eigenvalue weighted by Gasteiger charge is 2.22. The Morgan fingerprint density at radius 1 is 1.14 bits per heavy atom. The predicted molar refractivity (Wildman–Crippen MR) is 120 cm³/mol. The van der Waals surface area contributed by atoms with Gasteiger partial charge < -0.3 is 25.4 Å². The van der Waals surface area contributed by atoms with Crippen LogP contribution in [-0.4, -0.2) is 44.7 Å². The lowest BCUT2D eigenvalue weighted by Gasteiger charge is -2.24. The molecule has 2 aromatic rings. The molecule has 2 aromatic carbocycles. The van der Waals surface area contributed by atoms with E-state index < -0.39 is 17.7 Å². The van der Waals surface area contributed by atoms with Crippen molar-refractivity contribution >= 4 is 35.6 Å². The fourth-order valence-electron chi connectivity index (χ4n) is 2.96. The number of rotatable bonds is 5. The average molecular weight is 518 g/mol. The number of nitrogens with one attached hydrogen (secondary N) is 1. The Morgan fingerprint density at radius 2 is 1.79 bits per heavy atom. The van der Waals surface area contributed by atoms with Crippen LogP contribution in [0.2, 0.25) is 0 Å². The SMILES string of the molecule is CN(C)C(CN=C(N)Nc1ccc2c(c1)OCCCO2)c1c(F)cccc1F.I. The minimum absolute atomic E-state index is 0. The second kappa shape index (κ2) is 10.6. The lowest BCUT2D eigenvalue weighted by molar-refractivity contribution is 0.290. The predicted octanol–water partition coefficient (Wildman–Crippen LogP) is 3.77. The number of nitrogens with zero attached hydrogens (tertiary/aromatic N) is 2. The fourth-order valence-corrected chi connectivity index (χ4v) is 2.96. The second-order valence-electron chi connectivity index (χ2n) is 6.68. The van der Waals surface area contributed by atoms with Crippen LogP contribution in [0, 0.1) is 11.6 Å². The number of nitrogens with two attached hydrogens (primary N) is 1. The zero-order chi connectivity index (χ0) is 20.1. The van der Waals surface area contributed by atoms with Gasteiger partial charge in [-0.25, -0.2) is 8.78 Å². The van der Waals surface area contributed by atoms with Gasteiger partial charge in [0.05, 0.1) is 25.8 Å². The van der Waals surface area contributed by atoms with E-state index in [0.717, 1.165) is 6.42 Å². The third-order valence-corrected chi connectivity index (χ3v) is 4.41. The van der Waals surface area contributed by atoms with Crippen molar-refractivity contribution in [3.05, 3.63) is 53.6 Å². The zero-order valence-corrected chi connectivity index (χ0v) is 18.7. The van der Waals surface area contributed by atoms with E-state index in [9.17, 15) is 8.78 Å². The van der Waals surface area contributed by atoms with Gasteiger partial charge in [-0.2, -0.15) is 0 Å². The molecule has 3 N–H and O–H groups in total. The number of guanidine groups is 1. The number of benzene rings is 2.